The van der Waals surface area contributed by atoms with E-state index < -0.39 is 5.41 Å². The van der Waals surface area contributed by atoms with Gasteiger partial charge < -0.3 is 15.0 Å². The average Bonchev–Trinajstić information content (AvgIpc) is 3.15. The molecule has 0 aliphatic carbocycles. The Morgan fingerprint density at radius 2 is 2.04 bits per heavy atom. The van der Waals surface area contributed by atoms with Crippen LogP contribution in [0.1, 0.15) is 33.6 Å². The maximum atomic E-state index is 12.7. The van der Waals surface area contributed by atoms with E-state index in [4.69, 9.17) is 4.74 Å². The molecule has 2 N–H and O–H groups in total. The molecule has 0 spiro atoms. The third kappa shape index (κ3) is 4.35. The van der Waals surface area contributed by atoms with Crippen molar-refractivity contribution in [1.29, 1.82) is 0 Å². The van der Waals surface area contributed by atoms with Crippen LogP contribution < -0.4 is 10.1 Å². The number of nitrogens with one attached hydrogen (secondary N) is 2. The summed E-state index contributed by atoms with van der Waals surface area (Å²) >= 11 is 0. The summed E-state index contributed by atoms with van der Waals surface area (Å²) in [6.45, 7) is 6.87. The van der Waals surface area contributed by atoms with Gasteiger partial charge in [0.15, 0.2) is 5.82 Å². The lowest BCUT2D eigenvalue weighted by molar-refractivity contribution is -0.142. The summed E-state index contributed by atoms with van der Waals surface area (Å²) < 4.78 is 5.37. The van der Waals surface area contributed by atoms with E-state index in [2.05, 4.69) is 15.5 Å². The molecule has 1 fully saturated rings. The Kier molecular flexibility index (Phi) is 5.72. The number of hydrogen-bond acceptors (Lipinski definition) is 4. The van der Waals surface area contributed by atoms with Crippen molar-refractivity contribution in [3.8, 4) is 17.0 Å². The lowest BCUT2D eigenvalue weighted by Gasteiger charge is -2.35. The molecule has 1 aromatic heterocycles. The number of hydrogen-bond donors (Lipinski definition) is 2. The molecule has 0 bridgehead atoms. The highest BCUT2D eigenvalue weighted by atomic mass is 16.5. The van der Waals surface area contributed by atoms with Crippen molar-refractivity contribution in [1.82, 2.24) is 15.1 Å². The molecule has 1 aliphatic heterocycles. The van der Waals surface area contributed by atoms with Crippen molar-refractivity contribution in [2.24, 2.45) is 11.3 Å². The summed E-state index contributed by atoms with van der Waals surface area (Å²) in [5.74, 6) is 0.942. The minimum atomic E-state index is -0.440. The summed E-state index contributed by atoms with van der Waals surface area (Å²) in [4.78, 5) is 27.1. The van der Waals surface area contributed by atoms with Crippen LogP contribution in [0.2, 0.25) is 0 Å². The van der Waals surface area contributed by atoms with E-state index in [1.165, 1.54) is 0 Å². The predicted octanol–water partition coefficient (Wildman–Crippen LogP) is 3.31. The molecule has 2 amide bonds. The van der Waals surface area contributed by atoms with Crippen molar-refractivity contribution in [2.75, 3.05) is 25.5 Å². The number of methoxy groups -OCH3 is 1. The first-order chi connectivity index (χ1) is 13.3. The fourth-order valence-corrected chi connectivity index (χ4v) is 3.47. The molecule has 2 heterocycles. The third-order valence-electron chi connectivity index (χ3n) is 4.95. The molecule has 1 atom stereocenters. The molecule has 0 saturated carbocycles. The highest BCUT2D eigenvalue weighted by Crippen LogP contribution is 2.30. The van der Waals surface area contributed by atoms with Gasteiger partial charge in [-0.05, 0) is 25.0 Å². The molecule has 7 nitrogen and oxygen atoms in total. The second-order valence-corrected chi connectivity index (χ2v) is 8.20. The first kappa shape index (κ1) is 19.9. The number of nitrogens with zero attached hydrogens (tertiary/aromatic N) is 2. The molecule has 2 aromatic rings. The number of likely N-dealkylation sites (tertiary alicyclic amines) is 1. The minimum Gasteiger partial charge on any atom is -0.496 e. The molecule has 3 rings (SSSR count). The number of aromatic nitrogens is 2. The Morgan fingerprint density at radius 3 is 2.75 bits per heavy atom. The van der Waals surface area contributed by atoms with Crippen LogP contribution in [0.15, 0.2) is 30.3 Å². The number of H-pyrrole nitrogens is 1. The zero-order valence-electron chi connectivity index (χ0n) is 16.9. The van der Waals surface area contributed by atoms with E-state index in [0.717, 1.165) is 29.8 Å². The van der Waals surface area contributed by atoms with E-state index in [9.17, 15) is 9.59 Å². The van der Waals surface area contributed by atoms with Crippen LogP contribution in [0.5, 0.6) is 5.75 Å². The van der Waals surface area contributed by atoms with Crippen LogP contribution in [0.4, 0.5) is 5.82 Å². The Morgan fingerprint density at radius 1 is 1.29 bits per heavy atom. The number of piperidine rings is 1. The van der Waals surface area contributed by atoms with Gasteiger partial charge in [-0.15, -0.1) is 0 Å². The zero-order valence-corrected chi connectivity index (χ0v) is 16.9. The number of ether oxygens (including phenoxy) is 1. The lowest BCUT2D eigenvalue weighted by atomic mass is 9.91. The molecule has 1 aliphatic rings. The second-order valence-electron chi connectivity index (χ2n) is 8.20. The molecule has 7 heteroatoms. The van der Waals surface area contributed by atoms with Gasteiger partial charge in [-0.1, -0.05) is 32.9 Å². The largest absolute Gasteiger partial charge is 0.496 e. The summed E-state index contributed by atoms with van der Waals surface area (Å²) in [5, 5.41) is 10.0. The summed E-state index contributed by atoms with van der Waals surface area (Å²) in [5.41, 5.74) is 1.20. The number of para-hydroxylation sites is 1. The number of rotatable bonds is 4. The molecule has 1 aromatic carbocycles. The molecule has 28 heavy (non-hydrogen) atoms. The Labute approximate surface area is 165 Å². The molecule has 1 saturated heterocycles. The number of carbonyl (C=O) groups excluding carboxylic acids is 2. The van der Waals surface area contributed by atoms with Gasteiger partial charge in [0.1, 0.15) is 5.75 Å². The van der Waals surface area contributed by atoms with Crippen molar-refractivity contribution in [3.05, 3.63) is 30.3 Å². The monoisotopic (exact) mass is 384 g/mol. The van der Waals surface area contributed by atoms with Crippen LogP contribution in [0.25, 0.3) is 11.3 Å². The topological polar surface area (TPSA) is 87.3 Å². The number of carbonyl (C=O) groups is 2. The van der Waals surface area contributed by atoms with Crippen LogP contribution in [0.3, 0.4) is 0 Å². The van der Waals surface area contributed by atoms with Crippen molar-refractivity contribution >= 4 is 17.6 Å². The normalized spacial score (nSPS) is 17.3. The van der Waals surface area contributed by atoms with E-state index in [-0.39, 0.29) is 17.7 Å². The number of aromatic amines is 1. The van der Waals surface area contributed by atoms with Crippen molar-refractivity contribution < 1.29 is 14.3 Å². The van der Waals surface area contributed by atoms with E-state index in [0.29, 0.717) is 18.9 Å². The van der Waals surface area contributed by atoms with Gasteiger partial charge >= 0.3 is 0 Å². The standard InChI is InChI=1S/C21H28N4O3/c1-21(2,3)20(27)25-11-7-8-14(13-25)19(26)22-18-12-16(23-24-18)15-9-5-6-10-17(15)28-4/h5-6,9-10,12,14H,7-8,11,13H2,1-4H3,(H2,22,23,24,26). The van der Waals surface area contributed by atoms with Crippen LogP contribution in [0, 0.1) is 11.3 Å². The van der Waals surface area contributed by atoms with E-state index in [1.807, 2.05) is 45.0 Å². The van der Waals surface area contributed by atoms with Gasteiger partial charge in [-0.2, -0.15) is 5.10 Å². The SMILES string of the molecule is COc1ccccc1-c1cc(NC(=O)C2CCCN(C(=O)C(C)(C)C)C2)n[nH]1. The summed E-state index contributed by atoms with van der Waals surface area (Å²) in [6.07, 6.45) is 1.59. The number of amides is 2. The smallest absolute Gasteiger partial charge is 0.230 e. The molecular formula is C21H28N4O3. The lowest BCUT2D eigenvalue weighted by Crippen LogP contribution is -2.47. The maximum absolute atomic E-state index is 12.7. The van der Waals surface area contributed by atoms with Gasteiger partial charge in [0.2, 0.25) is 11.8 Å². The van der Waals surface area contributed by atoms with Crippen LogP contribution in [-0.4, -0.2) is 47.1 Å². The molecule has 150 valence electrons. The molecular weight excluding hydrogens is 356 g/mol. The van der Waals surface area contributed by atoms with Gasteiger partial charge in [0, 0.05) is 30.1 Å². The maximum Gasteiger partial charge on any atom is 0.230 e. The van der Waals surface area contributed by atoms with Gasteiger partial charge in [-0.25, -0.2) is 0 Å². The predicted molar refractivity (Wildman–Crippen MR) is 108 cm³/mol. The molecule has 1 unspecified atom stereocenters. The Bertz CT molecular complexity index is 853. The Hall–Kier alpha value is -2.83. The van der Waals surface area contributed by atoms with Crippen LogP contribution in [-0.2, 0) is 9.59 Å². The highest BCUT2D eigenvalue weighted by molar-refractivity contribution is 5.93. The second kappa shape index (κ2) is 8.04. The van der Waals surface area contributed by atoms with E-state index >= 15 is 0 Å². The average molecular weight is 384 g/mol. The molecule has 0 radical (unpaired) electrons. The highest BCUT2D eigenvalue weighted by Gasteiger charge is 2.33. The first-order valence-electron chi connectivity index (χ1n) is 9.58. The first-order valence-corrected chi connectivity index (χ1v) is 9.58. The van der Waals surface area contributed by atoms with Gasteiger partial charge in [0.25, 0.3) is 0 Å². The fourth-order valence-electron chi connectivity index (χ4n) is 3.47. The quantitative estimate of drug-likeness (QED) is 0.847. The number of benzene rings is 1. The van der Waals surface area contributed by atoms with Gasteiger partial charge in [-0.3, -0.25) is 14.7 Å². The van der Waals surface area contributed by atoms with Gasteiger partial charge in [0.05, 0.1) is 18.7 Å². The minimum absolute atomic E-state index is 0.0863. The third-order valence-corrected chi connectivity index (χ3v) is 4.95. The van der Waals surface area contributed by atoms with Crippen molar-refractivity contribution in [2.45, 2.75) is 33.6 Å². The summed E-state index contributed by atoms with van der Waals surface area (Å²) in [6, 6.07) is 9.40. The summed E-state index contributed by atoms with van der Waals surface area (Å²) in [7, 11) is 1.62. The van der Waals surface area contributed by atoms with Crippen LogP contribution >= 0.6 is 0 Å². The number of anilines is 1. The zero-order chi connectivity index (χ0) is 20.3. The van der Waals surface area contributed by atoms with E-state index in [1.54, 1.807) is 18.1 Å². The Balaban J connectivity index is 1.67. The van der Waals surface area contributed by atoms with Crippen molar-refractivity contribution in [3.63, 3.8) is 0 Å². The fraction of sp³-hybridized carbons (Fsp3) is 0.476.